The van der Waals surface area contributed by atoms with Crippen LogP contribution >= 0.6 is 0 Å². The Balaban J connectivity index is 2.76. The van der Waals surface area contributed by atoms with Gasteiger partial charge in [-0.3, -0.25) is 0 Å². The quantitative estimate of drug-likeness (QED) is 0.799. The molecule has 130 valence electrons. The van der Waals surface area contributed by atoms with Gasteiger partial charge in [0.15, 0.2) is 11.5 Å². The number of hydrogen-bond donors (Lipinski definition) is 1. The Kier molecular flexibility index (Phi) is 7.51. The molecule has 0 radical (unpaired) electrons. The van der Waals surface area contributed by atoms with Crippen molar-refractivity contribution in [3.8, 4) is 17.2 Å². The van der Waals surface area contributed by atoms with E-state index in [1.165, 1.54) is 0 Å². The maximum Gasteiger partial charge on any atom is 0.317 e. The molecule has 23 heavy (non-hydrogen) atoms. The average Bonchev–Trinajstić information content (AvgIpc) is 2.57. The predicted molar refractivity (Wildman–Crippen MR) is 90.4 cm³/mol. The highest BCUT2D eigenvalue weighted by molar-refractivity contribution is 5.73. The van der Waals surface area contributed by atoms with Crippen molar-refractivity contribution in [2.45, 2.75) is 26.8 Å². The van der Waals surface area contributed by atoms with Crippen LogP contribution in [0.5, 0.6) is 17.2 Å². The standard InChI is InChI=1S/C17H28N2O4/c1-7-12(2)11-19(3)17(20)18-10-13-8-14(21-4)16(23-6)15(9-13)22-5/h8-9,12H,7,10-11H2,1-6H3,(H,18,20). The first-order valence-electron chi connectivity index (χ1n) is 7.74. The zero-order valence-corrected chi connectivity index (χ0v) is 14.9. The van der Waals surface area contributed by atoms with Crippen LogP contribution in [0.4, 0.5) is 4.79 Å². The maximum atomic E-state index is 12.1. The van der Waals surface area contributed by atoms with Crippen molar-refractivity contribution in [2.75, 3.05) is 34.9 Å². The molecule has 1 atom stereocenters. The fourth-order valence-corrected chi connectivity index (χ4v) is 2.23. The summed E-state index contributed by atoms with van der Waals surface area (Å²) in [5, 5.41) is 2.90. The number of carbonyl (C=O) groups excluding carboxylic acids is 1. The van der Waals surface area contributed by atoms with Gasteiger partial charge in [-0.15, -0.1) is 0 Å². The highest BCUT2D eigenvalue weighted by Gasteiger charge is 2.15. The summed E-state index contributed by atoms with van der Waals surface area (Å²) in [6.45, 7) is 5.37. The molecule has 1 rings (SSSR count). The molecule has 0 saturated heterocycles. The largest absolute Gasteiger partial charge is 0.493 e. The molecule has 1 unspecified atom stereocenters. The van der Waals surface area contributed by atoms with Crippen molar-refractivity contribution in [1.29, 1.82) is 0 Å². The molecule has 0 saturated carbocycles. The lowest BCUT2D eigenvalue weighted by Crippen LogP contribution is -2.39. The summed E-state index contributed by atoms with van der Waals surface area (Å²) in [6.07, 6.45) is 1.05. The molecule has 0 aliphatic carbocycles. The van der Waals surface area contributed by atoms with E-state index >= 15 is 0 Å². The Hall–Kier alpha value is -2.11. The van der Waals surface area contributed by atoms with Gasteiger partial charge in [0.1, 0.15) is 0 Å². The van der Waals surface area contributed by atoms with Gasteiger partial charge < -0.3 is 24.4 Å². The second-order valence-corrected chi connectivity index (χ2v) is 5.59. The molecule has 0 aliphatic heterocycles. The normalized spacial score (nSPS) is 11.6. The van der Waals surface area contributed by atoms with E-state index in [2.05, 4.69) is 19.2 Å². The molecule has 2 amide bonds. The minimum Gasteiger partial charge on any atom is -0.493 e. The Morgan fingerprint density at radius 1 is 1.17 bits per heavy atom. The van der Waals surface area contributed by atoms with Crippen LogP contribution in [0.3, 0.4) is 0 Å². The summed E-state index contributed by atoms with van der Waals surface area (Å²) >= 11 is 0. The minimum atomic E-state index is -0.0981. The van der Waals surface area contributed by atoms with Crippen LogP contribution in [-0.4, -0.2) is 45.9 Å². The third-order valence-electron chi connectivity index (χ3n) is 3.80. The highest BCUT2D eigenvalue weighted by atomic mass is 16.5. The lowest BCUT2D eigenvalue weighted by Gasteiger charge is -2.21. The molecule has 0 aliphatic rings. The number of methoxy groups -OCH3 is 3. The van der Waals surface area contributed by atoms with Crippen LogP contribution < -0.4 is 19.5 Å². The summed E-state index contributed by atoms with van der Waals surface area (Å²) < 4.78 is 15.9. The van der Waals surface area contributed by atoms with Crippen LogP contribution in [-0.2, 0) is 6.54 Å². The molecule has 1 aromatic rings. The Morgan fingerprint density at radius 2 is 1.74 bits per heavy atom. The van der Waals surface area contributed by atoms with Crippen molar-refractivity contribution >= 4 is 6.03 Å². The highest BCUT2D eigenvalue weighted by Crippen LogP contribution is 2.38. The zero-order chi connectivity index (χ0) is 17.4. The third kappa shape index (κ3) is 5.23. The number of ether oxygens (including phenoxy) is 3. The lowest BCUT2D eigenvalue weighted by atomic mass is 10.1. The summed E-state index contributed by atoms with van der Waals surface area (Å²) in [7, 11) is 6.50. The van der Waals surface area contributed by atoms with Gasteiger partial charge in [0.05, 0.1) is 21.3 Å². The molecular weight excluding hydrogens is 296 g/mol. The van der Waals surface area contributed by atoms with Crippen molar-refractivity contribution in [3.05, 3.63) is 17.7 Å². The van der Waals surface area contributed by atoms with Crippen molar-refractivity contribution < 1.29 is 19.0 Å². The Morgan fingerprint density at radius 3 is 2.17 bits per heavy atom. The van der Waals surface area contributed by atoms with Crippen LogP contribution in [0.2, 0.25) is 0 Å². The molecule has 0 aromatic heterocycles. The molecule has 6 nitrogen and oxygen atoms in total. The van der Waals surface area contributed by atoms with Gasteiger partial charge in [0.25, 0.3) is 0 Å². The number of benzene rings is 1. The van der Waals surface area contributed by atoms with Gasteiger partial charge in [0, 0.05) is 20.1 Å². The van der Waals surface area contributed by atoms with Gasteiger partial charge in [-0.25, -0.2) is 4.79 Å². The molecule has 1 aromatic carbocycles. The number of carbonyl (C=O) groups is 1. The molecule has 1 N–H and O–H groups in total. The molecule has 6 heteroatoms. The second kappa shape index (κ2) is 9.12. The van der Waals surface area contributed by atoms with Gasteiger partial charge in [-0.1, -0.05) is 20.3 Å². The summed E-state index contributed by atoms with van der Waals surface area (Å²) in [4.78, 5) is 13.8. The number of nitrogens with zero attached hydrogens (tertiary/aromatic N) is 1. The zero-order valence-electron chi connectivity index (χ0n) is 14.9. The van der Waals surface area contributed by atoms with Crippen molar-refractivity contribution in [3.63, 3.8) is 0 Å². The van der Waals surface area contributed by atoms with E-state index in [-0.39, 0.29) is 6.03 Å². The molecular formula is C17H28N2O4. The fourth-order valence-electron chi connectivity index (χ4n) is 2.23. The Bertz CT molecular complexity index is 494. The Labute approximate surface area is 138 Å². The van der Waals surface area contributed by atoms with Crippen LogP contribution in [0.15, 0.2) is 12.1 Å². The third-order valence-corrected chi connectivity index (χ3v) is 3.80. The van der Waals surface area contributed by atoms with E-state index in [1.807, 2.05) is 12.1 Å². The van der Waals surface area contributed by atoms with Crippen molar-refractivity contribution in [1.82, 2.24) is 10.2 Å². The fraction of sp³-hybridized carbons (Fsp3) is 0.588. The van der Waals surface area contributed by atoms with Crippen LogP contribution in [0.1, 0.15) is 25.8 Å². The lowest BCUT2D eigenvalue weighted by molar-refractivity contribution is 0.201. The van der Waals surface area contributed by atoms with Gasteiger partial charge in [-0.2, -0.15) is 0 Å². The van der Waals surface area contributed by atoms with Gasteiger partial charge in [0.2, 0.25) is 5.75 Å². The van der Waals surface area contributed by atoms with E-state index in [9.17, 15) is 4.79 Å². The number of urea groups is 1. The topological polar surface area (TPSA) is 60.0 Å². The average molecular weight is 324 g/mol. The SMILES string of the molecule is CCC(C)CN(C)C(=O)NCc1cc(OC)c(OC)c(OC)c1. The monoisotopic (exact) mass is 324 g/mol. The molecule has 0 bridgehead atoms. The van der Waals surface area contributed by atoms with Gasteiger partial charge >= 0.3 is 6.03 Å². The summed E-state index contributed by atoms with van der Waals surface area (Å²) in [6, 6.07) is 3.56. The second-order valence-electron chi connectivity index (χ2n) is 5.59. The van der Waals surface area contributed by atoms with E-state index in [1.54, 1.807) is 33.3 Å². The first-order valence-corrected chi connectivity index (χ1v) is 7.74. The van der Waals surface area contributed by atoms with E-state index in [4.69, 9.17) is 14.2 Å². The van der Waals surface area contributed by atoms with Crippen LogP contribution in [0.25, 0.3) is 0 Å². The number of nitrogens with one attached hydrogen (secondary N) is 1. The first-order chi connectivity index (χ1) is 11.0. The number of amides is 2. The maximum absolute atomic E-state index is 12.1. The molecule has 0 spiro atoms. The van der Waals surface area contributed by atoms with Gasteiger partial charge in [-0.05, 0) is 23.6 Å². The number of hydrogen-bond acceptors (Lipinski definition) is 4. The molecule has 0 heterocycles. The first kappa shape index (κ1) is 18.9. The van der Waals surface area contributed by atoms with E-state index < -0.39 is 0 Å². The van der Waals surface area contributed by atoms with E-state index in [0.717, 1.165) is 18.5 Å². The van der Waals surface area contributed by atoms with Crippen molar-refractivity contribution in [2.24, 2.45) is 5.92 Å². The summed E-state index contributed by atoms with van der Waals surface area (Å²) in [5.41, 5.74) is 0.879. The van der Waals surface area contributed by atoms with Crippen LogP contribution in [0, 0.1) is 5.92 Å². The predicted octanol–water partition coefficient (Wildman–Crippen LogP) is 2.90. The van der Waals surface area contributed by atoms with E-state index in [0.29, 0.717) is 29.7 Å². The number of rotatable bonds is 8. The smallest absolute Gasteiger partial charge is 0.317 e. The minimum absolute atomic E-state index is 0.0981. The summed E-state index contributed by atoms with van der Waals surface area (Å²) in [5.74, 6) is 2.17. The molecule has 0 fully saturated rings.